The Morgan fingerprint density at radius 1 is 1.26 bits per heavy atom. The van der Waals surface area contributed by atoms with E-state index in [1.807, 2.05) is 55.5 Å². The van der Waals surface area contributed by atoms with E-state index in [0.717, 1.165) is 11.1 Å². The Morgan fingerprint density at radius 3 is 2.67 bits per heavy atom. The number of carbonyl (C=O) groups is 2. The van der Waals surface area contributed by atoms with Gasteiger partial charge in [-0.05, 0) is 42.7 Å². The molecule has 2 aromatic carbocycles. The molecule has 4 rings (SSSR count). The van der Waals surface area contributed by atoms with Gasteiger partial charge < -0.3 is 15.4 Å². The summed E-state index contributed by atoms with van der Waals surface area (Å²) >= 11 is 5.94. The number of carbonyl (C=O) groups excluding carboxylic acids is 2. The average Bonchev–Trinajstić information content (AvgIpc) is 2.62. The van der Waals surface area contributed by atoms with Gasteiger partial charge >= 0.3 is 0 Å². The number of halogens is 1. The molecule has 0 radical (unpaired) electrons. The summed E-state index contributed by atoms with van der Waals surface area (Å²) in [6, 6.07) is 15.1. The topological polar surface area (TPSA) is 72.6 Å². The van der Waals surface area contributed by atoms with Crippen LogP contribution in [0.15, 0.2) is 48.5 Å². The van der Waals surface area contributed by atoms with Crippen molar-refractivity contribution < 1.29 is 14.3 Å². The van der Waals surface area contributed by atoms with Crippen molar-refractivity contribution >= 4 is 23.4 Å². The minimum atomic E-state index is -0.867. The van der Waals surface area contributed by atoms with Gasteiger partial charge in [-0.25, -0.2) is 0 Å². The Balaban J connectivity index is 1.67. The summed E-state index contributed by atoms with van der Waals surface area (Å²) in [5.41, 5.74) is 6.78. The molecule has 2 N–H and O–H groups in total. The lowest BCUT2D eigenvalue weighted by molar-refractivity contribution is -0.175. The summed E-state index contributed by atoms with van der Waals surface area (Å²) in [7, 11) is 0. The molecular weight excluding hydrogens is 364 g/mol. The molecule has 1 saturated heterocycles. The Bertz CT molecular complexity index is 899. The third-order valence-corrected chi connectivity index (χ3v) is 5.85. The van der Waals surface area contributed by atoms with Crippen molar-refractivity contribution in [2.24, 2.45) is 11.7 Å². The summed E-state index contributed by atoms with van der Waals surface area (Å²) in [5, 5.41) is 0.670. The highest BCUT2D eigenvalue weighted by molar-refractivity contribution is 6.30. The maximum absolute atomic E-state index is 13.2. The largest absolute Gasteiger partial charge is 0.468 e. The van der Waals surface area contributed by atoms with Crippen molar-refractivity contribution in [1.29, 1.82) is 0 Å². The number of ether oxygens (including phenoxy) is 1. The lowest BCUT2D eigenvalue weighted by Crippen LogP contribution is -2.64. The molecule has 0 spiro atoms. The molecule has 0 aliphatic carbocycles. The number of hydrogen-bond acceptors (Lipinski definition) is 3. The zero-order valence-electron chi connectivity index (χ0n) is 15.0. The molecule has 2 aliphatic heterocycles. The lowest BCUT2D eigenvalue weighted by atomic mass is 9.73. The molecule has 2 aliphatic rings. The Labute approximate surface area is 163 Å². The average molecular weight is 385 g/mol. The van der Waals surface area contributed by atoms with Gasteiger partial charge in [0.2, 0.25) is 11.8 Å². The van der Waals surface area contributed by atoms with Crippen LogP contribution < -0.4 is 10.5 Å². The van der Waals surface area contributed by atoms with Gasteiger partial charge in [0.05, 0.1) is 0 Å². The standard InChI is InChI=1S/C21H21ClN2O3/c1-21-12-16(15-4-2-3-5-17(15)27-21)18(19(23)25)20(26)24(21)11-10-13-6-8-14(22)9-7-13/h2-9,16,18H,10-12H2,1H3,(H2,23,25)/t16-,18+,21-/m0/s1. The van der Waals surface area contributed by atoms with Gasteiger partial charge in [-0.1, -0.05) is 41.9 Å². The van der Waals surface area contributed by atoms with Crippen molar-refractivity contribution in [3.05, 3.63) is 64.7 Å². The van der Waals surface area contributed by atoms with E-state index in [-0.39, 0.29) is 11.8 Å². The molecular formula is C21H21ClN2O3. The van der Waals surface area contributed by atoms with E-state index in [0.29, 0.717) is 30.2 Å². The fraction of sp³-hybridized carbons (Fsp3) is 0.333. The zero-order valence-corrected chi connectivity index (χ0v) is 15.8. The third-order valence-electron chi connectivity index (χ3n) is 5.60. The van der Waals surface area contributed by atoms with Gasteiger partial charge in [-0.2, -0.15) is 0 Å². The highest BCUT2D eigenvalue weighted by Gasteiger charge is 2.55. The van der Waals surface area contributed by atoms with Crippen LogP contribution in [-0.2, 0) is 16.0 Å². The van der Waals surface area contributed by atoms with Crippen LogP contribution in [-0.4, -0.2) is 29.0 Å². The quantitative estimate of drug-likeness (QED) is 0.823. The molecule has 2 aromatic rings. The number of para-hydroxylation sites is 1. The first kappa shape index (κ1) is 17.9. The maximum Gasteiger partial charge on any atom is 0.238 e. The third kappa shape index (κ3) is 3.06. The smallest absolute Gasteiger partial charge is 0.238 e. The first-order chi connectivity index (χ1) is 12.9. The molecule has 0 saturated carbocycles. The molecule has 6 heteroatoms. The molecule has 140 valence electrons. The fourth-order valence-electron chi connectivity index (χ4n) is 4.27. The highest BCUT2D eigenvalue weighted by atomic mass is 35.5. The van der Waals surface area contributed by atoms with Gasteiger partial charge in [0.15, 0.2) is 5.72 Å². The van der Waals surface area contributed by atoms with E-state index in [9.17, 15) is 9.59 Å². The summed E-state index contributed by atoms with van der Waals surface area (Å²) in [6.45, 7) is 2.35. The Morgan fingerprint density at radius 2 is 1.96 bits per heavy atom. The van der Waals surface area contributed by atoms with Crippen molar-refractivity contribution in [3.8, 4) is 5.75 Å². The van der Waals surface area contributed by atoms with Crippen LogP contribution in [0.25, 0.3) is 0 Å². The van der Waals surface area contributed by atoms with Crippen molar-refractivity contribution in [3.63, 3.8) is 0 Å². The zero-order chi connectivity index (χ0) is 19.2. The maximum atomic E-state index is 13.2. The van der Waals surface area contributed by atoms with Crippen molar-refractivity contribution in [2.45, 2.75) is 31.4 Å². The van der Waals surface area contributed by atoms with E-state index in [4.69, 9.17) is 22.1 Å². The molecule has 1 fully saturated rings. The molecule has 0 unspecified atom stereocenters. The van der Waals surface area contributed by atoms with E-state index in [1.54, 1.807) is 4.90 Å². The summed E-state index contributed by atoms with van der Waals surface area (Å²) in [4.78, 5) is 27.0. The van der Waals surface area contributed by atoms with Crippen LogP contribution in [0.1, 0.15) is 30.4 Å². The number of fused-ring (bicyclic) bond motifs is 4. The number of amides is 2. The second-order valence-corrected chi connectivity index (χ2v) is 7.81. The van der Waals surface area contributed by atoms with E-state index < -0.39 is 17.6 Å². The first-order valence-electron chi connectivity index (χ1n) is 9.02. The lowest BCUT2D eigenvalue weighted by Gasteiger charge is -2.52. The number of primary amides is 1. The Hall–Kier alpha value is -2.53. The van der Waals surface area contributed by atoms with Gasteiger partial charge in [-0.3, -0.25) is 9.59 Å². The van der Waals surface area contributed by atoms with Crippen LogP contribution in [0.2, 0.25) is 5.02 Å². The van der Waals surface area contributed by atoms with Gasteiger partial charge in [-0.15, -0.1) is 0 Å². The van der Waals surface area contributed by atoms with E-state index in [1.165, 1.54) is 0 Å². The molecule has 27 heavy (non-hydrogen) atoms. The van der Waals surface area contributed by atoms with Crippen molar-refractivity contribution in [2.75, 3.05) is 6.54 Å². The Kier molecular flexibility index (Phi) is 4.35. The van der Waals surface area contributed by atoms with E-state index >= 15 is 0 Å². The molecule has 5 nitrogen and oxygen atoms in total. The van der Waals surface area contributed by atoms with Gasteiger partial charge in [0, 0.05) is 23.9 Å². The molecule has 3 atom stereocenters. The monoisotopic (exact) mass is 384 g/mol. The van der Waals surface area contributed by atoms with Crippen LogP contribution >= 0.6 is 11.6 Å². The molecule has 0 aromatic heterocycles. The minimum Gasteiger partial charge on any atom is -0.468 e. The number of nitrogens with zero attached hydrogens (tertiary/aromatic N) is 1. The molecule has 2 heterocycles. The number of rotatable bonds is 4. The molecule has 2 bridgehead atoms. The van der Waals surface area contributed by atoms with Crippen LogP contribution in [0.3, 0.4) is 0 Å². The number of likely N-dealkylation sites (tertiary alicyclic amines) is 1. The number of nitrogens with two attached hydrogens (primary N) is 1. The van der Waals surface area contributed by atoms with Crippen LogP contribution in [0.4, 0.5) is 0 Å². The number of benzene rings is 2. The van der Waals surface area contributed by atoms with Crippen molar-refractivity contribution in [1.82, 2.24) is 4.90 Å². The number of hydrogen-bond donors (Lipinski definition) is 1. The molecule has 2 amide bonds. The highest BCUT2D eigenvalue weighted by Crippen LogP contribution is 2.49. The summed E-state index contributed by atoms with van der Waals surface area (Å²) in [6.07, 6.45) is 1.18. The predicted octanol–water partition coefficient (Wildman–Crippen LogP) is 3.11. The predicted molar refractivity (Wildman–Crippen MR) is 102 cm³/mol. The van der Waals surface area contributed by atoms with Crippen LogP contribution in [0, 0.1) is 5.92 Å². The van der Waals surface area contributed by atoms with Crippen LogP contribution in [0.5, 0.6) is 5.75 Å². The van der Waals surface area contributed by atoms with E-state index in [2.05, 4.69) is 0 Å². The SMILES string of the molecule is C[C@@]12C[C@@H](c3ccccc3O1)[C@H](C(N)=O)C(=O)N2CCc1ccc(Cl)cc1. The normalized spacial score (nSPS) is 26.3. The minimum absolute atomic E-state index is 0.253. The first-order valence-corrected chi connectivity index (χ1v) is 9.40. The second kappa shape index (κ2) is 6.57. The van der Waals surface area contributed by atoms with Gasteiger partial charge in [0.1, 0.15) is 11.7 Å². The second-order valence-electron chi connectivity index (χ2n) is 7.37. The van der Waals surface area contributed by atoms with Gasteiger partial charge in [0.25, 0.3) is 0 Å². The fourth-order valence-corrected chi connectivity index (χ4v) is 4.40. The summed E-state index contributed by atoms with van der Waals surface area (Å²) in [5.74, 6) is -1.25. The number of piperidine rings is 1. The summed E-state index contributed by atoms with van der Waals surface area (Å²) < 4.78 is 6.24.